The Balaban J connectivity index is 2.06. The summed E-state index contributed by atoms with van der Waals surface area (Å²) in [4.78, 5) is 23.1. The lowest BCUT2D eigenvalue weighted by Gasteiger charge is -2.05. The van der Waals surface area contributed by atoms with Gasteiger partial charge in [-0.3, -0.25) is 9.59 Å². The molecule has 0 radical (unpaired) electrons. The van der Waals surface area contributed by atoms with E-state index in [1.54, 1.807) is 12.1 Å². The Labute approximate surface area is 120 Å². The van der Waals surface area contributed by atoms with Crippen LogP contribution in [0, 0.1) is 0 Å². The Morgan fingerprint density at radius 3 is 2.50 bits per heavy atom. The monoisotopic (exact) mass is 288 g/mol. The van der Waals surface area contributed by atoms with Gasteiger partial charge < -0.3 is 11.1 Å². The number of H-pyrrole nitrogens is 1. The summed E-state index contributed by atoms with van der Waals surface area (Å²) >= 11 is 4.83. The summed E-state index contributed by atoms with van der Waals surface area (Å²) in [6, 6.07) is 9.75. The van der Waals surface area contributed by atoms with Crippen molar-refractivity contribution in [2.75, 3.05) is 5.32 Å². The zero-order valence-corrected chi connectivity index (χ0v) is 11.2. The Morgan fingerprint density at radius 2 is 1.95 bits per heavy atom. The highest BCUT2D eigenvalue weighted by Crippen LogP contribution is 2.11. The van der Waals surface area contributed by atoms with E-state index in [1.807, 2.05) is 12.1 Å². The molecule has 0 saturated carbocycles. The van der Waals surface area contributed by atoms with Crippen LogP contribution in [0.1, 0.15) is 16.1 Å². The van der Waals surface area contributed by atoms with Gasteiger partial charge in [0.05, 0.1) is 4.99 Å². The van der Waals surface area contributed by atoms with Crippen LogP contribution in [0.25, 0.3) is 0 Å². The number of hydrogen-bond donors (Lipinski definition) is 3. The fourth-order valence-corrected chi connectivity index (χ4v) is 1.74. The second kappa shape index (κ2) is 6.07. The van der Waals surface area contributed by atoms with E-state index in [4.69, 9.17) is 18.0 Å². The number of aromatic nitrogens is 2. The highest BCUT2D eigenvalue weighted by molar-refractivity contribution is 7.80. The summed E-state index contributed by atoms with van der Waals surface area (Å²) in [5.74, 6) is -0.400. The summed E-state index contributed by atoms with van der Waals surface area (Å²) in [7, 11) is 0. The molecule has 0 saturated heterocycles. The number of carbonyl (C=O) groups excluding carboxylic acids is 1. The molecule has 0 unspecified atom stereocenters. The summed E-state index contributed by atoms with van der Waals surface area (Å²) < 4.78 is 0. The second-order valence-electron chi connectivity index (χ2n) is 4.10. The molecule has 1 heterocycles. The van der Waals surface area contributed by atoms with Crippen molar-refractivity contribution in [1.29, 1.82) is 0 Å². The van der Waals surface area contributed by atoms with Crippen molar-refractivity contribution in [2.24, 2.45) is 5.73 Å². The first kappa shape index (κ1) is 13.9. The minimum atomic E-state index is -0.400. The molecule has 2 aromatic rings. The molecule has 20 heavy (non-hydrogen) atoms. The first-order valence-corrected chi connectivity index (χ1v) is 6.20. The predicted octanol–water partition coefficient (Wildman–Crippen LogP) is 0.851. The van der Waals surface area contributed by atoms with Gasteiger partial charge in [-0.15, -0.1) is 0 Å². The van der Waals surface area contributed by atoms with Gasteiger partial charge in [0.15, 0.2) is 0 Å². The molecule has 0 bridgehead atoms. The number of hydrogen-bond acceptors (Lipinski definition) is 4. The van der Waals surface area contributed by atoms with Gasteiger partial charge in [0, 0.05) is 18.2 Å². The third-order valence-electron chi connectivity index (χ3n) is 2.50. The average molecular weight is 288 g/mol. The number of nitrogens with one attached hydrogen (secondary N) is 2. The van der Waals surface area contributed by atoms with Crippen molar-refractivity contribution < 1.29 is 4.79 Å². The highest BCUT2D eigenvalue weighted by atomic mass is 32.1. The molecule has 102 valence electrons. The predicted molar refractivity (Wildman–Crippen MR) is 79.7 cm³/mol. The van der Waals surface area contributed by atoms with Crippen molar-refractivity contribution >= 4 is 28.8 Å². The number of anilines is 1. The maximum Gasteiger partial charge on any atom is 0.276 e. The van der Waals surface area contributed by atoms with Gasteiger partial charge >= 0.3 is 0 Å². The van der Waals surface area contributed by atoms with Crippen molar-refractivity contribution in [3.05, 3.63) is 58.0 Å². The fraction of sp³-hybridized carbons (Fsp3) is 0.0769. The lowest BCUT2D eigenvalue weighted by Crippen LogP contribution is -2.17. The normalized spacial score (nSPS) is 10.0. The van der Waals surface area contributed by atoms with Gasteiger partial charge in [-0.25, -0.2) is 5.10 Å². The molecule has 0 aliphatic rings. The average Bonchev–Trinajstić information content (AvgIpc) is 2.41. The number of nitrogens with two attached hydrogens (primary N) is 1. The van der Waals surface area contributed by atoms with E-state index in [2.05, 4.69) is 15.5 Å². The van der Waals surface area contributed by atoms with Crippen LogP contribution in [0.2, 0.25) is 0 Å². The Bertz CT molecular complexity index is 674. The molecule has 1 aromatic carbocycles. The maximum atomic E-state index is 11.9. The number of benzene rings is 1. The number of carbonyl (C=O) groups is 1. The van der Waals surface area contributed by atoms with Crippen LogP contribution in [0.15, 0.2) is 41.2 Å². The molecule has 1 amide bonds. The summed E-state index contributed by atoms with van der Waals surface area (Å²) in [6.07, 6.45) is 0.519. The number of nitrogens with zero attached hydrogens (tertiary/aromatic N) is 1. The van der Waals surface area contributed by atoms with Crippen LogP contribution in [-0.4, -0.2) is 21.1 Å². The van der Waals surface area contributed by atoms with Gasteiger partial charge in [0.2, 0.25) is 0 Å². The van der Waals surface area contributed by atoms with Crippen LogP contribution >= 0.6 is 12.2 Å². The molecule has 7 heteroatoms. The van der Waals surface area contributed by atoms with Crippen LogP contribution < -0.4 is 16.6 Å². The Morgan fingerprint density at radius 1 is 1.25 bits per heavy atom. The number of rotatable bonds is 4. The lowest BCUT2D eigenvalue weighted by atomic mass is 10.1. The summed E-state index contributed by atoms with van der Waals surface area (Å²) in [5.41, 5.74) is 6.82. The standard InChI is InChI=1S/C13H12N4O2S/c14-11(20)7-8-1-3-9(4-2-8)15-13(19)10-5-6-12(18)17-16-10/h1-6H,7H2,(H2,14,20)(H,15,19)(H,17,18). The minimum absolute atomic E-state index is 0.136. The van der Waals surface area contributed by atoms with E-state index >= 15 is 0 Å². The van der Waals surface area contributed by atoms with Gasteiger partial charge in [-0.1, -0.05) is 24.4 Å². The summed E-state index contributed by atoms with van der Waals surface area (Å²) in [6.45, 7) is 0. The molecule has 1 aromatic heterocycles. The Hall–Kier alpha value is -2.54. The van der Waals surface area contributed by atoms with Gasteiger partial charge in [-0.2, -0.15) is 5.10 Å². The van der Waals surface area contributed by atoms with E-state index in [1.165, 1.54) is 12.1 Å². The van der Waals surface area contributed by atoms with E-state index in [0.717, 1.165) is 5.56 Å². The first-order chi connectivity index (χ1) is 9.54. The number of thiocarbonyl (C=S) groups is 1. The summed E-state index contributed by atoms with van der Waals surface area (Å²) in [5, 5.41) is 8.52. The van der Waals surface area contributed by atoms with E-state index < -0.39 is 5.91 Å². The Kier molecular flexibility index (Phi) is 4.21. The molecule has 2 rings (SSSR count). The molecular formula is C13H12N4O2S. The molecule has 0 aliphatic heterocycles. The third kappa shape index (κ3) is 3.72. The first-order valence-electron chi connectivity index (χ1n) is 5.79. The van der Waals surface area contributed by atoms with E-state index in [0.29, 0.717) is 17.1 Å². The van der Waals surface area contributed by atoms with Crippen molar-refractivity contribution in [3.63, 3.8) is 0 Å². The van der Waals surface area contributed by atoms with Crippen LogP contribution in [0.4, 0.5) is 5.69 Å². The fourth-order valence-electron chi connectivity index (χ4n) is 1.57. The largest absolute Gasteiger partial charge is 0.393 e. The van der Waals surface area contributed by atoms with Crippen LogP contribution in [0.3, 0.4) is 0 Å². The van der Waals surface area contributed by atoms with Crippen molar-refractivity contribution in [3.8, 4) is 0 Å². The zero-order valence-electron chi connectivity index (χ0n) is 10.4. The maximum absolute atomic E-state index is 11.9. The minimum Gasteiger partial charge on any atom is -0.393 e. The molecular weight excluding hydrogens is 276 g/mol. The smallest absolute Gasteiger partial charge is 0.276 e. The SMILES string of the molecule is NC(=S)Cc1ccc(NC(=O)c2ccc(=O)[nH]n2)cc1. The van der Waals surface area contributed by atoms with Crippen LogP contribution in [0.5, 0.6) is 0 Å². The van der Waals surface area contributed by atoms with E-state index in [9.17, 15) is 9.59 Å². The molecule has 6 nitrogen and oxygen atoms in total. The lowest BCUT2D eigenvalue weighted by molar-refractivity contribution is 0.102. The van der Waals surface area contributed by atoms with Crippen molar-refractivity contribution in [1.82, 2.24) is 10.2 Å². The molecule has 0 spiro atoms. The number of aromatic amines is 1. The molecule has 0 atom stereocenters. The topological polar surface area (TPSA) is 101 Å². The van der Waals surface area contributed by atoms with E-state index in [-0.39, 0.29) is 11.3 Å². The second-order valence-corrected chi connectivity index (χ2v) is 4.62. The van der Waals surface area contributed by atoms with Gasteiger partial charge in [0.1, 0.15) is 5.69 Å². The van der Waals surface area contributed by atoms with Crippen LogP contribution in [-0.2, 0) is 6.42 Å². The molecule has 0 fully saturated rings. The molecule has 4 N–H and O–H groups in total. The van der Waals surface area contributed by atoms with Gasteiger partial charge in [-0.05, 0) is 23.8 Å². The quantitative estimate of drug-likeness (QED) is 0.724. The number of amides is 1. The van der Waals surface area contributed by atoms with Gasteiger partial charge in [0.25, 0.3) is 11.5 Å². The van der Waals surface area contributed by atoms with Crippen molar-refractivity contribution in [2.45, 2.75) is 6.42 Å². The zero-order chi connectivity index (χ0) is 14.5. The molecule has 0 aliphatic carbocycles. The third-order valence-corrected chi connectivity index (χ3v) is 2.65. The highest BCUT2D eigenvalue weighted by Gasteiger charge is 2.07.